The average molecular weight is 337 g/mol. The lowest BCUT2D eigenvalue weighted by molar-refractivity contribution is -0.138. The summed E-state index contributed by atoms with van der Waals surface area (Å²) in [5.41, 5.74) is -0.482. The van der Waals surface area contributed by atoms with E-state index in [1.807, 2.05) is 0 Å². The zero-order chi connectivity index (χ0) is 17.7. The standard InChI is InChI=1S/C17H14F3NO3/c18-17(19,20)14-8-4-7-13(9-14)16(24)21(11-15(22)23)10-12-5-2-1-3-6-12/h1-9H,10-11H2,(H,22,23). The van der Waals surface area contributed by atoms with Crippen LogP contribution in [0.25, 0.3) is 0 Å². The molecule has 0 aliphatic rings. The zero-order valence-electron chi connectivity index (χ0n) is 12.5. The van der Waals surface area contributed by atoms with Crippen LogP contribution in [0.5, 0.6) is 0 Å². The van der Waals surface area contributed by atoms with Crippen LogP contribution in [-0.2, 0) is 17.5 Å². The van der Waals surface area contributed by atoms with Crippen LogP contribution in [-0.4, -0.2) is 28.4 Å². The van der Waals surface area contributed by atoms with Crippen molar-refractivity contribution in [2.24, 2.45) is 0 Å². The molecule has 2 rings (SSSR count). The van der Waals surface area contributed by atoms with Gasteiger partial charge in [0.25, 0.3) is 5.91 Å². The van der Waals surface area contributed by atoms with E-state index in [1.54, 1.807) is 30.3 Å². The Balaban J connectivity index is 2.29. The summed E-state index contributed by atoms with van der Waals surface area (Å²) in [5, 5.41) is 8.97. The van der Waals surface area contributed by atoms with E-state index >= 15 is 0 Å². The summed E-state index contributed by atoms with van der Waals surface area (Å²) >= 11 is 0. The maximum atomic E-state index is 12.8. The van der Waals surface area contributed by atoms with Crippen molar-refractivity contribution in [3.63, 3.8) is 0 Å². The molecule has 126 valence electrons. The summed E-state index contributed by atoms with van der Waals surface area (Å²) in [5.74, 6) is -2.02. The monoisotopic (exact) mass is 337 g/mol. The molecule has 0 fully saturated rings. The molecule has 2 aromatic carbocycles. The lowest BCUT2D eigenvalue weighted by Gasteiger charge is -2.21. The van der Waals surface area contributed by atoms with Crippen LogP contribution >= 0.6 is 0 Å². The topological polar surface area (TPSA) is 57.6 Å². The fraction of sp³-hybridized carbons (Fsp3) is 0.176. The van der Waals surface area contributed by atoms with Gasteiger partial charge in [-0.05, 0) is 23.8 Å². The Morgan fingerprint density at radius 1 is 1.00 bits per heavy atom. The van der Waals surface area contributed by atoms with Gasteiger partial charge >= 0.3 is 12.1 Å². The number of nitrogens with zero attached hydrogens (tertiary/aromatic N) is 1. The largest absolute Gasteiger partial charge is 0.480 e. The number of hydrogen-bond acceptors (Lipinski definition) is 2. The van der Waals surface area contributed by atoms with Crippen LogP contribution < -0.4 is 0 Å². The van der Waals surface area contributed by atoms with E-state index in [-0.39, 0.29) is 12.1 Å². The molecule has 2 aromatic rings. The van der Waals surface area contributed by atoms with Crippen LogP contribution in [0.4, 0.5) is 13.2 Å². The highest BCUT2D eigenvalue weighted by atomic mass is 19.4. The molecular formula is C17H14F3NO3. The number of halogens is 3. The van der Waals surface area contributed by atoms with E-state index in [1.165, 1.54) is 6.07 Å². The fourth-order valence-electron chi connectivity index (χ4n) is 2.18. The number of carboxylic acids is 1. The highest BCUT2D eigenvalue weighted by molar-refractivity contribution is 5.96. The number of benzene rings is 2. The van der Waals surface area contributed by atoms with Gasteiger partial charge in [-0.25, -0.2) is 0 Å². The van der Waals surface area contributed by atoms with E-state index in [0.29, 0.717) is 5.56 Å². The Labute approximate surface area is 136 Å². The second-order valence-electron chi connectivity index (χ2n) is 5.12. The molecule has 0 unspecified atom stereocenters. The summed E-state index contributed by atoms with van der Waals surface area (Å²) in [6.45, 7) is -0.619. The molecule has 0 aromatic heterocycles. The normalized spacial score (nSPS) is 11.1. The van der Waals surface area contributed by atoms with Crippen LogP contribution in [0.15, 0.2) is 54.6 Å². The zero-order valence-corrected chi connectivity index (χ0v) is 12.5. The Bertz CT molecular complexity index is 729. The van der Waals surface area contributed by atoms with Crippen molar-refractivity contribution < 1.29 is 27.9 Å². The number of rotatable bonds is 5. The van der Waals surface area contributed by atoms with Gasteiger partial charge in [0.2, 0.25) is 0 Å². The van der Waals surface area contributed by atoms with E-state index in [2.05, 4.69) is 0 Å². The van der Waals surface area contributed by atoms with E-state index in [9.17, 15) is 22.8 Å². The maximum absolute atomic E-state index is 12.8. The smallest absolute Gasteiger partial charge is 0.416 e. The van der Waals surface area contributed by atoms with Crippen molar-refractivity contribution in [1.29, 1.82) is 0 Å². The van der Waals surface area contributed by atoms with Crippen molar-refractivity contribution in [2.75, 3.05) is 6.54 Å². The van der Waals surface area contributed by atoms with E-state index in [4.69, 9.17) is 5.11 Å². The molecule has 0 radical (unpaired) electrons. The minimum atomic E-state index is -4.58. The molecule has 1 N–H and O–H groups in total. The summed E-state index contributed by atoms with van der Waals surface area (Å²) in [7, 11) is 0. The summed E-state index contributed by atoms with van der Waals surface area (Å²) in [4.78, 5) is 24.4. The second kappa shape index (κ2) is 7.16. The second-order valence-corrected chi connectivity index (χ2v) is 5.12. The van der Waals surface area contributed by atoms with Crippen molar-refractivity contribution in [2.45, 2.75) is 12.7 Å². The minimum absolute atomic E-state index is 0.0117. The highest BCUT2D eigenvalue weighted by Crippen LogP contribution is 2.29. The Kier molecular flexibility index (Phi) is 5.23. The molecule has 1 amide bonds. The van der Waals surface area contributed by atoms with Crippen molar-refractivity contribution in [1.82, 2.24) is 4.90 Å². The van der Waals surface area contributed by atoms with Crippen LogP contribution in [0.1, 0.15) is 21.5 Å². The van der Waals surface area contributed by atoms with Gasteiger partial charge in [-0.15, -0.1) is 0 Å². The third-order valence-electron chi connectivity index (χ3n) is 3.27. The molecule has 0 saturated heterocycles. The molecule has 0 heterocycles. The third kappa shape index (κ3) is 4.58. The molecule has 7 heteroatoms. The third-order valence-corrected chi connectivity index (χ3v) is 3.27. The molecule has 4 nitrogen and oxygen atoms in total. The van der Waals surface area contributed by atoms with Gasteiger partial charge in [0.1, 0.15) is 6.54 Å². The van der Waals surface area contributed by atoms with Crippen molar-refractivity contribution >= 4 is 11.9 Å². The van der Waals surface area contributed by atoms with Crippen LogP contribution in [0.3, 0.4) is 0 Å². The molecule has 0 saturated carbocycles. The Morgan fingerprint density at radius 2 is 1.67 bits per heavy atom. The van der Waals surface area contributed by atoms with Gasteiger partial charge in [-0.3, -0.25) is 9.59 Å². The molecular weight excluding hydrogens is 323 g/mol. The van der Waals surface area contributed by atoms with Gasteiger partial charge < -0.3 is 10.0 Å². The first kappa shape index (κ1) is 17.5. The summed E-state index contributed by atoms with van der Waals surface area (Å²) in [6, 6.07) is 12.6. The van der Waals surface area contributed by atoms with Crippen LogP contribution in [0.2, 0.25) is 0 Å². The van der Waals surface area contributed by atoms with Crippen LogP contribution in [0, 0.1) is 0 Å². The molecule has 0 aliphatic heterocycles. The first-order chi connectivity index (χ1) is 11.3. The number of carboxylic acid groups (broad SMARTS) is 1. The SMILES string of the molecule is O=C(O)CN(Cc1ccccc1)C(=O)c1cccc(C(F)(F)F)c1. The quantitative estimate of drug-likeness (QED) is 0.909. The average Bonchev–Trinajstić information content (AvgIpc) is 2.53. The molecule has 0 bridgehead atoms. The number of aliphatic carboxylic acids is 1. The summed E-state index contributed by atoms with van der Waals surface area (Å²) in [6.07, 6.45) is -4.58. The summed E-state index contributed by atoms with van der Waals surface area (Å²) < 4.78 is 38.3. The maximum Gasteiger partial charge on any atom is 0.416 e. The highest BCUT2D eigenvalue weighted by Gasteiger charge is 2.31. The van der Waals surface area contributed by atoms with Crippen molar-refractivity contribution in [3.05, 3.63) is 71.3 Å². The number of hydrogen-bond donors (Lipinski definition) is 1. The number of alkyl halides is 3. The van der Waals surface area contributed by atoms with E-state index in [0.717, 1.165) is 23.1 Å². The van der Waals surface area contributed by atoms with Gasteiger partial charge in [0, 0.05) is 12.1 Å². The predicted molar refractivity (Wildman–Crippen MR) is 80.3 cm³/mol. The lowest BCUT2D eigenvalue weighted by atomic mass is 10.1. The number of amides is 1. The Hall–Kier alpha value is -2.83. The molecule has 0 aliphatic carbocycles. The minimum Gasteiger partial charge on any atom is -0.480 e. The first-order valence-electron chi connectivity index (χ1n) is 6.99. The predicted octanol–water partition coefficient (Wildman–Crippen LogP) is 3.43. The van der Waals surface area contributed by atoms with Gasteiger partial charge in [0.15, 0.2) is 0 Å². The van der Waals surface area contributed by atoms with Crippen molar-refractivity contribution in [3.8, 4) is 0 Å². The lowest BCUT2D eigenvalue weighted by Crippen LogP contribution is -2.35. The van der Waals surface area contributed by atoms with Gasteiger partial charge in [-0.2, -0.15) is 13.2 Å². The molecule has 24 heavy (non-hydrogen) atoms. The number of carbonyl (C=O) groups excluding carboxylic acids is 1. The first-order valence-corrected chi connectivity index (χ1v) is 6.99. The van der Waals surface area contributed by atoms with Gasteiger partial charge in [0.05, 0.1) is 5.56 Å². The molecule has 0 atom stereocenters. The van der Waals surface area contributed by atoms with E-state index < -0.39 is 30.2 Å². The van der Waals surface area contributed by atoms with Gasteiger partial charge in [-0.1, -0.05) is 36.4 Å². The fourth-order valence-corrected chi connectivity index (χ4v) is 2.18. The molecule has 0 spiro atoms. The Morgan fingerprint density at radius 3 is 2.25 bits per heavy atom. The number of carbonyl (C=O) groups is 2.